The van der Waals surface area contributed by atoms with E-state index in [0.717, 1.165) is 53.1 Å². The summed E-state index contributed by atoms with van der Waals surface area (Å²) in [5.41, 5.74) is 4.55. The van der Waals surface area contributed by atoms with Crippen molar-refractivity contribution in [2.75, 3.05) is 26.3 Å². The van der Waals surface area contributed by atoms with E-state index in [1.807, 2.05) is 43.3 Å². The van der Waals surface area contributed by atoms with Crippen LogP contribution in [0.1, 0.15) is 43.1 Å². The maximum atomic E-state index is 10.1. The lowest BCUT2D eigenvalue weighted by Crippen LogP contribution is -2.40. The molecule has 0 aliphatic carbocycles. The molecular formula is C30H33NO5. The highest BCUT2D eigenvalue weighted by molar-refractivity contribution is 5.95. The molecule has 0 aromatic heterocycles. The molecule has 188 valence electrons. The number of hydrogen-bond acceptors (Lipinski definition) is 6. The zero-order valence-electron chi connectivity index (χ0n) is 20.7. The summed E-state index contributed by atoms with van der Waals surface area (Å²) >= 11 is 0. The molecule has 6 nitrogen and oxygen atoms in total. The Morgan fingerprint density at radius 1 is 1.03 bits per heavy atom. The molecule has 1 fully saturated rings. The minimum Gasteiger partial charge on any atom is -0.508 e. The van der Waals surface area contributed by atoms with Crippen LogP contribution in [0.5, 0.6) is 23.0 Å². The minimum absolute atomic E-state index is 0.00725. The van der Waals surface area contributed by atoms with Crippen LogP contribution in [0.3, 0.4) is 0 Å². The van der Waals surface area contributed by atoms with Gasteiger partial charge in [-0.2, -0.15) is 0 Å². The van der Waals surface area contributed by atoms with Gasteiger partial charge >= 0.3 is 0 Å². The molecule has 3 N–H and O–H groups in total. The van der Waals surface area contributed by atoms with Gasteiger partial charge in [-0.3, -0.25) is 4.90 Å². The van der Waals surface area contributed by atoms with Crippen molar-refractivity contribution in [3.05, 3.63) is 83.4 Å². The molecule has 0 bridgehead atoms. The summed E-state index contributed by atoms with van der Waals surface area (Å²) in [6, 6.07) is 20.1. The molecule has 1 saturated heterocycles. The first-order chi connectivity index (χ1) is 17.4. The molecule has 0 spiro atoms. The topological polar surface area (TPSA) is 82.4 Å². The molecule has 6 heteroatoms. The van der Waals surface area contributed by atoms with Gasteiger partial charge in [0.05, 0.1) is 12.6 Å². The number of fused-ring (bicyclic) bond motifs is 1. The summed E-state index contributed by atoms with van der Waals surface area (Å²) in [6.45, 7) is 6.76. The Bertz CT molecular complexity index is 1250. The number of phenolic OH excluding ortho intramolecular Hbond substituents is 2. The Balaban J connectivity index is 1.40. The van der Waals surface area contributed by atoms with Crippen LogP contribution in [0.15, 0.2) is 66.7 Å². The molecule has 0 saturated carbocycles. The van der Waals surface area contributed by atoms with E-state index >= 15 is 0 Å². The molecule has 3 aromatic carbocycles. The summed E-state index contributed by atoms with van der Waals surface area (Å²) in [5.74, 6) is 2.45. The van der Waals surface area contributed by atoms with Gasteiger partial charge in [0.2, 0.25) is 0 Å². The van der Waals surface area contributed by atoms with Crippen LogP contribution in [0.4, 0.5) is 0 Å². The number of aliphatic hydroxyl groups is 1. The number of phenols is 2. The second-order valence-electron chi connectivity index (χ2n) is 9.87. The van der Waals surface area contributed by atoms with Crippen LogP contribution in [-0.2, 0) is 0 Å². The van der Waals surface area contributed by atoms with Crippen LogP contribution in [0.2, 0.25) is 0 Å². The number of hydrogen-bond donors (Lipinski definition) is 3. The maximum Gasteiger partial charge on any atom is 0.150 e. The molecular weight excluding hydrogens is 454 g/mol. The van der Waals surface area contributed by atoms with Crippen molar-refractivity contribution in [3.63, 3.8) is 0 Å². The lowest BCUT2D eigenvalue weighted by atomic mass is 9.86. The summed E-state index contributed by atoms with van der Waals surface area (Å²) < 4.78 is 12.5. The van der Waals surface area contributed by atoms with Crippen LogP contribution < -0.4 is 9.47 Å². The predicted octanol–water partition coefficient (Wildman–Crippen LogP) is 5.24. The Hall–Kier alpha value is -3.48. The van der Waals surface area contributed by atoms with Gasteiger partial charge in [0.25, 0.3) is 0 Å². The van der Waals surface area contributed by atoms with Crippen LogP contribution >= 0.6 is 0 Å². The van der Waals surface area contributed by atoms with E-state index in [1.165, 1.54) is 0 Å². The molecule has 0 amide bonds. The number of likely N-dealkylation sites (tertiary alicyclic amines) is 1. The lowest BCUT2D eigenvalue weighted by Gasteiger charge is -2.31. The molecule has 2 heterocycles. The third-order valence-electron chi connectivity index (χ3n) is 7.24. The highest BCUT2D eigenvalue weighted by Gasteiger charge is 2.30. The van der Waals surface area contributed by atoms with Crippen LogP contribution in [0, 0.1) is 5.92 Å². The number of nitrogens with zero attached hydrogens (tertiary/aromatic N) is 1. The van der Waals surface area contributed by atoms with Gasteiger partial charge in [-0.05, 0) is 85.0 Å². The second-order valence-corrected chi connectivity index (χ2v) is 9.87. The Labute approximate surface area is 212 Å². The highest BCUT2D eigenvalue weighted by Crippen LogP contribution is 2.47. The number of allylic oxidation sites excluding steroid dienone is 1. The fraction of sp³-hybridized carbons (Fsp3) is 0.333. The van der Waals surface area contributed by atoms with Gasteiger partial charge in [0.1, 0.15) is 35.7 Å². The van der Waals surface area contributed by atoms with Gasteiger partial charge in [-0.15, -0.1) is 0 Å². The van der Waals surface area contributed by atoms with E-state index in [0.29, 0.717) is 18.3 Å². The summed E-state index contributed by atoms with van der Waals surface area (Å²) in [5, 5.41) is 30.1. The third-order valence-corrected chi connectivity index (χ3v) is 7.24. The molecule has 5 rings (SSSR count). The quantitative estimate of drug-likeness (QED) is 0.423. The first-order valence-electron chi connectivity index (χ1n) is 12.5. The van der Waals surface area contributed by atoms with Gasteiger partial charge in [-0.25, -0.2) is 0 Å². The Morgan fingerprint density at radius 2 is 1.81 bits per heavy atom. The zero-order chi connectivity index (χ0) is 25.2. The van der Waals surface area contributed by atoms with Crippen molar-refractivity contribution in [1.82, 2.24) is 4.90 Å². The van der Waals surface area contributed by atoms with E-state index in [1.54, 1.807) is 30.3 Å². The highest BCUT2D eigenvalue weighted by atomic mass is 16.5. The fourth-order valence-corrected chi connectivity index (χ4v) is 5.22. The Morgan fingerprint density at radius 3 is 2.50 bits per heavy atom. The van der Waals surface area contributed by atoms with E-state index in [4.69, 9.17) is 9.47 Å². The average Bonchev–Trinajstić information content (AvgIpc) is 3.31. The fourth-order valence-electron chi connectivity index (χ4n) is 5.22. The molecule has 2 aliphatic rings. The predicted molar refractivity (Wildman–Crippen MR) is 140 cm³/mol. The monoisotopic (exact) mass is 487 g/mol. The van der Waals surface area contributed by atoms with E-state index in [9.17, 15) is 15.3 Å². The zero-order valence-corrected chi connectivity index (χ0v) is 20.7. The number of aromatic hydroxyl groups is 2. The maximum absolute atomic E-state index is 10.1. The summed E-state index contributed by atoms with van der Waals surface area (Å²) in [4.78, 5) is 2.30. The molecule has 3 aromatic rings. The molecule has 3 atom stereocenters. The van der Waals surface area contributed by atoms with Gasteiger partial charge in [0.15, 0.2) is 0 Å². The van der Waals surface area contributed by atoms with Crippen LogP contribution in [-0.4, -0.2) is 52.6 Å². The van der Waals surface area contributed by atoms with Gasteiger partial charge in [0, 0.05) is 17.7 Å². The van der Waals surface area contributed by atoms with Gasteiger partial charge in [-0.1, -0.05) is 31.2 Å². The van der Waals surface area contributed by atoms with Crippen molar-refractivity contribution in [2.45, 2.75) is 32.4 Å². The first kappa shape index (κ1) is 24.2. The van der Waals surface area contributed by atoms with Crippen molar-refractivity contribution in [2.24, 2.45) is 5.92 Å². The summed E-state index contributed by atoms with van der Waals surface area (Å²) in [6.07, 6.45) is 0.762. The minimum atomic E-state index is -0.394. The second kappa shape index (κ2) is 10.2. The molecule has 36 heavy (non-hydrogen) atoms. The normalized spacial score (nSPS) is 20.6. The lowest BCUT2D eigenvalue weighted by molar-refractivity contribution is 0.0975. The smallest absolute Gasteiger partial charge is 0.150 e. The number of benzene rings is 3. The van der Waals surface area contributed by atoms with Crippen molar-refractivity contribution >= 4 is 11.1 Å². The number of rotatable bonds is 7. The van der Waals surface area contributed by atoms with Crippen molar-refractivity contribution in [1.29, 1.82) is 0 Å². The number of aliphatic hydroxyl groups excluding tert-OH is 1. The van der Waals surface area contributed by atoms with Crippen molar-refractivity contribution < 1.29 is 24.8 Å². The average molecular weight is 488 g/mol. The standard InChI is InChI=1S/C30H33NO5/c1-19-12-13-31(16-19)23(17-32)18-35-26-9-6-21(7-10-26)30-29(22-4-3-5-24(33)14-22)20(2)27-15-25(34)8-11-28(27)36-30/h3-11,14-15,19,23,30,32-34H,12-13,16-18H2,1-2H3/t19-,23-,30?/m1/s1. The molecule has 0 radical (unpaired) electrons. The van der Waals surface area contributed by atoms with Gasteiger partial charge < -0.3 is 24.8 Å². The van der Waals surface area contributed by atoms with E-state index in [-0.39, 0.29) is 24.1 Å². The molecule has 2 aliphatic heterocycles. The largest absolute Gasteiger partial charge is 0.508 e. The Kier molecular flexibility index (Phi) is 6.90. The SMILES string of the molecule is CC1=C(c2cccc(O)c2)C(c2ccc(OC[C@@H](CO)N3CC[C@@H](C)C3)cc2)Oc2ccc(O)cc21. The first-order valence-corrected chi connectivity index (χ1v) is 12.5. The van der Waals surface area contributed by atoms with Crippen molar-refractivity contribution in [3.8, 4) is 23.0 Å². The number of ether oxygens (including phenoxy) is 2. The van der Waals surface area contributed by atoms with E-state index < -0.39 is 6.10 Å². The van der Waals surface area contributed by atoms with Crippen LogP contribution in [0.25, 0.3) is 11.1 Å². The molecule has 1 unspecified atom stereocenters. The summed E-state index contributed by atoms with van der Waals surface area (Å²) in [7, 11) is 0. The third kappa shape index (κ3) is 4.92. The van der Waals surface area contributed by atoms with E-state index in [2.05, 4.69) is 11.8 Å².